The molecule has 94 valence electrons. The Balaban J connectivity index is 0.00000144. The molecule has 0 unspecified atom stereocenters. The first kappa shape index (κ1) is 14.0. The van der Waals surface area contributed by atoms with Crippen molar-refractivity contribution < 1.29 is 4.42 Å². The highest BCUT2D eigenvalue weighted by molar-refractivity contribution is 7.10. The highest BCUT2D eigenvalue weighted by atomic mass is 35.5. The fraction of sp³-hybridized carbons (Fsp3) is 0.400. The van der Waals surface area contributed by atoms with Gasteiger partial charge >= 0.3 is 6.01 Å². The van der Waals surface area contributed by atoms with Crippen LogP contribution in [0.25, 0.3) is 0 Å². The zero-order valence-electron chi connectivity index (χ0n) is 9.71. The molecule has 7 heteroatoms. The van der Waals surface area contributed by atoms with E-state index in [4.69, 9.17) is 10.2 Å². The Hall–Kier alpha value is -1.11. The second-order valence-corrected chi connectivity index (χ2v) is 4.57. The summed E-state index contributed by atoms with van der Waals surface area (Å²) in [5.41, 5.74) is 6.70. The van der Waals surface area contributed by atoms with Crippen molar-refractivity contribution in [3.63, 3.8) is 0 Å². The van der Waals surface area contributed by atoms with Crippen LogP contribution in [0.4, 0.5) is 6.01 Å². The van der Waals surface area contributed by atoms with Gasteiger partial charge in [0.05, 0.1) is 13.1 Å². The summed E-state index contributed by atoms with van der Waals surface area (Å²) >= 11 is 1.73. The predicted molar refractivity (Wildman–Crippen MR) is 70.6 cm³/mol. The lowest BCUT2D eigenvalue weighted by molar-refractivity contribution is 0.491. The number of aryl methyl sites for hydroxylation is 1. The van der Waals surface area contributed by atoms with Crippen molar-refractivity contribution >= 4 is 29.8 Å². The van der Waals surface area contributed by atoms with E-state index in [2.05, 4.69) is 28.6 Å². The molecule has 0 bridgehead atoms. The number of hydrogen-bond donors (Lipinski definition) is 1. The Morgan fingerprint density at radius 1 is 1.47 bits per heavy atom. The van der Waals surface area contributed by atoms with Gasteiger partial charge < -0.3 is 15.1 Å². The molecule has 5 nitrogen and oxygen atoms in total. The minimum atomic E-state index is 0. The molecular formula is C10H15ClN4OS. The Kier molecular flexibility index (Phi) is 4.92. The second-order valence-electron chi connectivity index (χ2n) is 3.57. The molecule has 2 heterocycles. The molecule has 0 aliphatic carbocycles. The molecule has 2 aromatic rings. The number of thiophene rings is 1. The van der Waals surface area contributed by atoms with Crippen molar-refractivity contribution in [2.75, 3.05) is 11.9 Å². The van der Waals surface area contributed by atoms with Gasteiger partial charge in [0.1, 0.15) is 0 Å². The molecule has 2 N–H and O–H groups in total. The SMILES string of the molecule is Cc1ccsc1CN(C)c1nnc(CN)o1.Cl. The van der Waals surface area contributed by atoms with Gasteiger partial charge in [-0.25, -0.2) is 0 Å². The second kappa shape index (κ2) is 6.00. The van der Waals surface area contributed by atoms with Gasteiger partial charge in [-0.1, -0.05) is 5.10 Å². The molecule has 0 aliphatic heterocycles. The quantitative estimate of drug-likeness (QED) is 0.923. The van der Waals surface area contributed by atoms with Gasteiger partial charge in [-0.05, 0) is 23.9 Å². The number of rotatable bonds is 4. The normalized spacial score (nSPS) is 10.1. The molecular weight excluding hydrogens is 260 g/mol. The predicted octanol–water partition coefficient (Wildman–Crippen LogP) is 1.96. The number of halogens is 1. The van der Waals surface area contributed by atoms with E-state index in [9.17, 15) is 0 Å². The molecule has 0 amide bonds. The molecule has 2 rings (SSSR count). The van der Waals surface area contributed by atoms with Crippen LogP contribution in [0.2, 0.25) is 0 Å². The molecule has 0 saturated heterocycles. The third kappa shape index (κ3) is 3.18. The number of anilines is 1. The summed E-state index contributed by atoms with van der Waals surface area (Å²) in [6.45, 7) is 3.15. The van der Waals surface area contributed by atoms with Crippen LogP contribution in [0, 0.1) is 6.92 Å². The summed E-state index contributed by atoms with van der Waals surface area (Å²) in [4.78, 5) is 3.22. The Bertz CT molecular complexity index is 470. The van der Waals surface area contributed by atoms with Gasteiger partial charge in [-0.15, -0.1) is 28.8 Å². The van der Waals surface area contributed by atoms with E-state index in [1.807, 2.05) is 11.9 Å². The summed E-state index contributed by atoms with van der Waals surface area (Å²) in [6, 6.07) is 2.61. The topological polar surface area (TPSA) is 68.2 Å². The number of nitrogens with two attached hydrogens (primary N) is 1. The molecule has 2 aromatic heterocycles. The molecule has 17 heavy (non-hydrogen) atoms. The minimum Gasteiger partial charge on any atom is -0.407 e. The number of aromatic nitrogens is 2. The van der Waals surface area contributed by atoms with E-state index >= 15 is 0 Å². The van der Waals surface area contributed by atoms with Crippen molar-refractivity contribution in [1.82, 2.24) is 10.2 Å². The van der Waals surface area contributed by atoms with Gasteiger partial charge in [0.25, 0.3) is 0 Å². The van der Waals surface area contributed by atoms with E-state index in [-0.39, 0.29) is 19.0 Å². The highest BCUT2D eigenvalue weighted by Crippen LogP contribution is 2.20. The van der Waals surface area contributed by atoms with E-state index in [0.29, 0.717) is 11.9 Å². The lowest BCUT2D eigenvalue weighted by Crippen LogP contribution is -2.16. The zero-order valence-corrected chi connectivity index (χ0v) is 11.3. The van der Waals surface area contributed by atoms with E-state index < -0.39 is 0 Å². The van der Waals surface area contributed by atoms with Crippen LogP contribution in [0.15, 0.2) is 15.9 Å². The van der Waals surface area contributed by atoms with Gasteiger partial charge in [0.15, 0.2) is 0 Å². The maximum Gasteiger partial charge on any atom is 0.318 e. The first-order valence-electron chi connectivity index (χ1n) is 4.97. The van der Waals surface area contributed by atoms with Crippen molar-refractivity contribution in [2.24, 2.45) is 5.73 Å². The maximum absolute atomic E-state index is 5.41. The summed E-state index contributed by atoms with van der Waals surface area (Å²) in [7, 11) is 1.92. The average molecular weight is 275 g/mol. The van der Waals surface area contributed by atoms with E-state index in [1.54, 1.807) is 11.3 Å². The molecule has 0 aliphatic rings. The van der Waals surface area contributed by atoms with Crippen LogP contribution >= 0.6 is 23.7 Å². The summed E-state index contributed by atoms with van der Waals surface area (Å²) < 4.78 is 5.37. The minimum absolute atomic E-state index is 0. The Labute approximate surface area is 110 Å². The summed E-state index contributed by atoms with van der Waals surface area (Å²) in [6.07, 6.45) is 0. The Morgan fingerprint density at radius 3 is 2.76 bits per heavy atom. The Morgan fingerprint density at radius 2 is 2.24 bits per heavy atom. The number of nitrogens with zero attached hydrogens (tertiary/aromatic N) is 3. The van der Waals surface area contributed by atoms with Gasteiger partial charge in [0.2, 0.25) is 5.89 Å². The van der Waals surface area contributed by atoms with Gasteiger partial charge in [0, 0.05) is 11.9 Å². The molecule has 0 atom stereocenters. The van der Waals surface area contributed by atoms with Gasteiger partial charge in [-0.3, -0.25) is 0 Å². The standard InChI is InChI=1S/C10H14N4OS.ClH/c1-7-3-4-16-8(7)6-14(2)10-13-12-9(5-11)15-10;/h3-4H,5-6,11H2,1-2H3;1H. The van der Waals surface area contributed by atoms with Crippen LogP contribution in [0.3, 0.4) is 0 Å². The van der Waals surface area contributed by atoms with Crippen LogP contribution < -0.4 is 10.6 Å². The van der Waals surface area contributed by atoms with Crippen LogP contribution in [0.1, 0.15) is 16.3 Å². The first-order valence-corrected chi connectivity index (χ1v) is 5.85. The van der Waals surface area contributed by atoms with Crippen molar-refractivity contribution in [1.29, 1.82) is 0 Å². The van der Waals surface area contributed by atoms with Crippen molar-refractivity contribution in [2.45, 2.75) is 20.0 Å². The summed E-state index contributed by atoms with van der Waals surface area (Å²) in [5.74, 6) is 0.463. The fourth-order valence-corrected chi connectivity index (χ4v) is 2.29. The molecule has 0 radical (unpaired) electrons. The van der Waals surface area contributed by atoms with Crippen molar-refractivity contribution in [3.05, 3.63) is 27.8 Å². The largest absolute Gasteiger partial charge is 0.407 e. The first-order chi connectivity index (χ1) is 7.70. The average Bonchev–Trinajstić information content (AvgIpc) is 2.88. The lowest BCUT2D eigenvalue weighted by atomic mass is 10.3. The third-order valence-electron chi connectivity index (χ3n) is 2.31. The molecule has 0 fully saturated rings. The fourth-order valence-electron chi connectivity index (χ4n) is 1.33. The third-order valence-corrected chi connectivity index (χ3v) is 3.31. The molecule has 0 saturated carbocycles. The van der Waals surface area contributed by atoms with E-state index in [1.165, 1.54) is 10.4 Å². The molecule has 0 aromatic carbocycles. The van der Waals surface area contributed by atoms with Crippen LogP contribution in [0.5, 0.6) is 0 Å². The highest BCUT2D eigenvalue weighted by Gasteiger charge is 2.11. The monoisotopic (exact) mass is 274 g/mol. The van der Waals surface area contributed by atoms with E-state index in [0.717, 1.165) is 6.54 Å². The lowest BCUT2D eigenvalue weighted by Gasteiger charge is -2.12. The zero-order chi connectivity index (χ0) is 11.5. The number of hydrogen-bond acceptors (Lipinski definition) is 6. The van der Waals surface area contributed by atoms with Crippen LogP contribution in [-0.4, -0.2) is 17.2 Å². The summed E-state index contributed by atoms with van der Waals surface area (Å²) in [5, 5.41) is 9.84. The van der Waals surface area contributed by atoms with Crippen LogP contribution in [-0.2, 0) is 13.1 Å². The van der Waals surface area contributed by atoms with Crippen molar-refractivity contribution in [3.8, 4) is 0 Å². The molecule has 0 spiro atoms. The van der Waals surface area contributed by atoms with Gasteiger partial charge in [-0.2, -0.15) is 0 Å². The maximum atomic E-state index is 5.41. The smallest absolute Gasteiger partial charge is 0.318 e.